The highest BCUT2D eigenvalue weighted by Gasteiger charge is 2.23. The van der Waals surface area contributed by atoms with Crippen molar-refractivity contribution in [1.29, 1.82) is 0 Å². The number of carbonyl (C=O) groups excluding carboxylic acids is 2. The van der Waals surface area contributed by atoms with Gasteiger partial charge in [-0.3, -0.25) is 14.2 Å². The molecule has 0 spiro atoms. The second-order valence-corrected chi connectivity index (χ2v) is 7.51. The number of rotatable bonds is 4. The molecule has 6 heteroatoms. The summed E-state index contributed by atoms with van der Waals surface area (Å²) < 4.78 is 6.79. The van der Waals surface area contributed by atoms with Gasteiger partial charge in [0.2, 0.25) is 0 Å². The number of halogens is 1. The number of benzene rings is 2. The highest BCUT2D eigenvalue weighted by molar-refractivity contribution is 6.33. The highest BCUT2D eigenvalue weighted by atomic mass is 35.5. The van der Waals surface area contributed by atoms with Crippen LogP contribution in [0.2, 0.25) is 5.02 Å². The molecule has 0 aliphatic carbocycles. The maximum Gasteiger partial charge on any atom is 0.310 e. The fourth-order valence-corrected chi connectivity index (χ4v) is 3.41. The molecule has 2 aromatic carbocycles. The van der Waals surface area contributed by atoms with Gasteiger partial charge in [0, 0.05) is 16.6 Å². The molecule has 0 fully saturated rings. The van der Waals surface area contributed by atoms with Crippen LogP contribution in [0.25, 0.3) is 10.9 Å². The third kappa shape index (κ3) is 3.76. The molecule has 0 unspecified atom stereocenters. The fraction of sp³-hybridized carbons (Fsp3) is 0.273. The lowest BCUT2D eigenvalue weighted by molar-refractivity contribution is -0.146. The summed E-state index contributed by atoms with van der Waals surface area (Å²) in [5, 5.41) is 10.8. The Kier molecular flexibility index (Phi) is 5.47. The molecule has 0 saturated heterocycles. The van der Waals surface area contributed by atoms with Gasteiger partial charge in [0.25, 0.3) is 5.91 Å². The maximum atomic E-state index is 13.2. The Bertz CT molecular complexity index is 1060. The maximum absolute atomic E-state index is 13.2. The summed E-state index contributed by atoms with van der Waals surface area (Å²) in [6.07, 6.45) is -0.242. The second-order valence-electron chi connectivity index (χ2n) is 7.11. The van der Waals surface area contributed by atoms with Crippen molar-refractivity contribution in [2.45, 2.75) is 40.2 Å². The van der Waals surface area contributed by atoms with Crippen LogP contribution in [0.4, 0.5) is 0 Å². The van der Waals surface area contributed by atoms with E-state index in [1.54, 1.807) is 39.0 Å². The number of esters is 1. The van der Waals surface area contributed by atoms with Crippen molar-refractivity contribution in [2.24, 2.45) is 0 Å². The van der Waals surface area contributed by atoms with Gasteiger partial charge in [0.1, 0.15) is 5.75 Å². The van der Waals surface area contributed by atoms with Crippen molar-refractivity contribution in [2.75, 3.05) is 0 Å². The van der Waals surface area contributed by atoms with Crippen molar-refractivity contribution in [3.8, 4) is 5.75 Å². The van der Waals surface area contributed by atoms with E-state index in [0.29, 0.717) is 27.7 Å². The molecule has 0 amide bonds. The molecule has 28 heavy (non-hydrogen) atoms. The zero-order valence-corrected chi connectivity index (χ0v) is 17.0. The SMILES string of the molecule is Cc1ccc(C(=O)n2c(C)c(CC(=O)OC(C)C)c3cc(O)c(Cl)cc32)cc1. The Labute approximate surface area is 168 Å². The second kappa shape index (κ2) is 7.68. The Morgan fingerprint density at radius 1 is 1.14 bits per heavy atom. The number of carbonyl (C=O) groups is 2. The Morgan fingerprint density at radius 3 is 2.39 bits per heavy atom. The number of ether oxygens (including phenoxy) is 1. The molecule has 0 saturated carbocycles. The number of aromatic hydroxyl groups is 1. The molecule has 1 aromatic heterocycles. The van der Waals surface area contributed by atoms with Gasteiger partial charge in [0.05, 0.1) is 23.1 Å². The van der Waals surface area contributed by atoms with Crippen molar-refractivity contribution in [3.63, 3.8) is 0 Å². The van der Waals surface area contributed by atoms with Crippen LogP contribution in [0.1, 0.15) is 41.0 Å². The fourth-order valence-electron chi connectivity index (χ4n) is 3.25. The van der Waals surface area contributed by atoms with E-state index in [1.807, 2.05) is 19.1 Å². The van der Waals surface area contributed by atoms with Crippen LogP contribution >= 0.6 is 11.6 Å². The largest absolute Gasteiger partial charge is 0.506 e. The molecule has 0 aliphatic rings. The van der Waals surface area contributed by atoms with Crippen LogP contribution in [-0.2, 0) is 16.0 Å². The molecule has 3 aromatic rings. The third-order valence-electron chi connectivity index (χ3n) is 4.59. The number of hydrogen-bond acceptors (Lipinski definition) is 4. The van der Waals surface area contributed by atoms with Crippen molar-refractivity contribution in [1.82, 2.24) is 4.57 Å². The molecular weight excluding hydrogens is 378 g/mol. The minimum Gasteiger partial charge on any atom is -0.506 e. The van der Waals surface area contributed by atoms with Crippen LogP contribution in [0.15, 0.2) is 36.4 Å². The van der Waals surface area contributed by atoms with Crippen LogP contribution in [0.5, 0.6) is 5.75 Å². The first-order chi connectivity index (χ1) is 13.2. The summed E-state index contributed by atoms with van der Waals surface area (Å²) in [4.78, 5) is 25.5. The van der Waals surface area contributed by atoms with Crippen molar-refractivity contribution < 1.29 is 19.4 Å². The summed E-state index contributed by atoms with van der Waals surface area (Å²) >= 11 is 6.10. The molecule has 3 rings (SSSR count). The van der Waals surface area contributed by atoms with Gasteiger partial charge in [-0.05, 0) is 57.5 Å². The number of aryl methyl sites for hydroxylation is 1. The van der Waals surface area contributed by atoms with Crippen LogP contribution < -0.4 is 0 Å². The quantitative estimate of drug-likeness (QED) is 0.640. The van der Waals surface area contributed by atoms with Crippen LogP contribution in [0.3, 0.4) is 0 Å². The normalized spacial score (nSPS) is 11.2. The van der Waals surface area contributed by atoms with Crippen molar-refractivity contribution >= 4 is 34.4 Å². The molecule has 1 heterocycles. The van der Waals surface area contributed by atoms with E-state index in [2.05, 4.69) is 0 Å². The van der Waals surface area contributed by atoms with E-state index in [1.165, 1.54) is 10.6 Å². The Balaban J connectivity index is 2.18. The minimum absolute atomic E-state index is 0.00420. The van der Waals surface area contributed by atoms with Gasteiger partial charge >= 0.3 is 5.97 Å². The molecule has 0 aliphatic heterocycles. The van der Waals surface area contributed by atoms with Gasteiger partial charge in [-0.25, -0.2) is 0 Å². The number of aromatic nitrogens is 1. The Morgan fingerprint density at radius 2 is 1.79 bits per heavy atom. The number of phenolic OH excluding ortho intramolecular Hbond substituents is 1. The molecule has 0 bridgehead atoms. The zero-order chi connectivity index (χ0) is 20.6. The molecular formula is C22H22ClNO4. The van der Waals surface area contributed by atoms with Gasteiger partial charge in [-0.15, -0.1) is 0 Å². The van der Waals surface area contributed by atoms with Gasteiger partial charge in [0.15, 0.2) is 0 Å². The van der Waals surface area contributed by atoms with E-state index in [-0.39, 0.29) is 29.2 Å². The Hall–Kier alpha value is -2.79. The summed E-state index contributed by atoms with van der Waals surface area (Å²) in [6.45, 7) is 7.28. The average Bonchev–Trinajstić information content (AvgIpc) is 2.86. The van der Waals surface area contributed by atoms with Gasteiger partial charge < -0.3 is 9.84 Å². The smallest absolute Gasteiger partial charge is 0.310 e. The van der Waals surface area contributed by atoms with Crippen molar-refractivity contribution in [3.05, 3.63) is 63.8 Å². The molecule has 0 radical (unpaired) electrons. The summed E-state index contributed by atoms with van der Waals surface area (Å²) in [5.74, 6) is -0.727. The highest BCUT2D eigenvalue weighted by Crippen LogP contribution is 2.35. The lowest BCUT2D eigenvalue weighted by Gasteiger charge is -2.09. The first-order valence-corrected chi connectivity index (χ1v) is 9.40. The average molecular weight is 400 g/mol. The predicted octanol–water partition coefficient (Wildman–Crippen LogP) is 4.80. The number of nitrogens with zero attached hydrogens (tertiary/aromatic N) is 1. The molecule has 0 atom stereocenters. The zero-order valence-electron chi connectivity index (χ0n) is 16.2. The summed E-state index contributed by atoms with van der Waals surface area (Å²) in [6, 6.07) is 10.3. The minimum atomic E-state index is -0.394. The predicted molar refractivity (Wildman–Crippen MR) is 109 cm³/mol. The number of hydrogen-bond donors (Lipinski definition) is 1. The monoisotopic (exact) mass is 399 g/mol. The third-order valence-corrected chi connectivity index (χ3v) is 4.90. The van der Waals surface area contributed by atoms with Gasteiger partial charge in [-0.1, -0.05) is 29.3 Å². The topological polar surface area (TPSA) is 68.5 Å². The lowest BCUT2D eigenvalue weighted by atomic mass is 10.1. The lowest BCUT2D eigenvalue weighted by Crippen LogP contribution is -2.16. The van der Waals surface area contributed by atoms with Crippen LogP contribution in [0, 0.1) is 13.8 Å². The number of fused-ring (bicyclic) bond motifs is 1. The van der Waals surface area contributed by atoms with E-state index in [4.69, 9.17) is 16.3 Å². The van der Waals surface area contributed by atoms with Crippen LogP contribution in [-0.4, -0.2) is 27.7 Å². The molecule has 146 valence electrons. The summed E-state index contributed by atoms with van der Waals surface area (Å²) in [7, 11) is 0. The first kappa shape index (κ1) is 20.0. The summed E-state index contributed by atoms with van der Waals surface area (Å²) in [5.41, 5.74) is 3.36. The molecule has 5 nitrogen and oxygen atoms in total. The standard InChI is InChI=1S/C22H22ClNO4/c1-12(2)28-21(26)10-16-14(4)24(19-11-18(23)20(25)9-17(16)19)22(27)15-7-5-13(3)6-8-15/h5-9,11-12,25H,10H2,1-4H3. The van der Waals surface area contributed by atoms with E-state index in [9.17, 15) is 14.7 Å². The number of phenols is 1. The van der Waals surface area contributed by atoms with E-state index in [0.717, 1.165) is 5.56 Å². The van der Waals surface area contributed by atoms with E-state index >= 15 is 0 Å². The molecule has 1 N–H and O–H groups in total. The van der Waals surface area contributed by atoms with Gasteiger partial charge in [-0.2, -0.15) is 0 Å². The van der Waals surface area contributed by atoms with E-state index < -0.39 is 5.97 Å². The first-order valence-electron chi connectivity index (χ1n) is 9.02.